The number of sulfonamides is 1. The van der Waals surface area contributed by atoms with Crippen LogP contribution in [0.15, 0.2) is 30.3 Å². The first kappa shape index (κ1) is 17.4. The van der Waals surface area contributed by atoms with Gasteiger partial charge in [0.25, 0.3) is 5.91 Å². The summed E-state index contributed by atoms with van der Waals surface area (Å²) in [6.45, 7) is 0.621. The number of nitrogens with one attached hydrogen (secondary N) is 2. The number of piperidine rings is 1. The van der Waals surface area contributed by atoms with Crippen molar-refractivity contribution in [1.82, 2.24) is 14.9 Å². The van der Waals surface area contributed by atoms with Crippen molar-refractivity contribution >= 4 is 21.8 Å². The Balaban J connectivity index is 1.80. The monoisotopic (exact) mass is 339 g/mol. The molecular weight excluding hydrogens is 318 g/mol. The highest BCUT2D eigenvalue weighted by Gasteiger charge is 2.26. The van der Waals surface area contributed by atoms with E-state index in [0.29, 0.717) is 18.5 Å². The molecule has 7 nitrogen and oxygen atoms in total. The van der Waals surface area contributed by atoms with Gasteiger partial charge in [-0.05, 0) is 25.0 Å². The molecule has 23 heavy (non-hydrogen) atoms. The number of benzene rings is 1. The molecule has 1 saturated heterocycles. The Kier molecular flexibility index (Phi) is 5.73. The van der Waals surface area contributed by atoms with Crippen LogP contribution in [-0.2, 0) is 14.8 Å². The van der Waals surface area contributed by atoms with Crippen LogP contribution in [0.2, 0.25) is 0 Å². The van der Waals surface area contributed by atoms with E-state index in [9.17, 15) is 18.0 Å². The van der Waals surface area contributed by atoms with Crippen LogP contribution in [0.25, 0.3) is 0 Å². The summed E-state index contributed by atoms with van der Waals surface area (Å²) in [4.78, 5) is 23.8. The normalized spacial score (nSPS) is 19.1. The molecular formula is C15H21N3O4S. The van der Waals surface area contributed by atoms with Crippen molar-refractivity contribution in [2.75, 3.05) is 25.9 Å². The van der Waals surface area contributed by atoms with Crippen molar-refractivity contribution in [1.29, 1.82) is 0 Å². The molecule has 0 spiro atoms. The third kappa shape index (κ3) is 5.33. The summed E-state index contributed by atoms with van der Waals surface area (Å²) in [5.41, 5.74) is 0.487. The molecule has 2 amide bonds. The molecule has 126 valence electrons. The highest BCUT2D eigenvalue weighted by Crippen LogP contribution is 2.12. The average molecular weight is 339 g/mol. The van der Waals surface area contributed by atoms with Gasteiger partial charge in [0.2, 0.25) is 15.9 Å². The van der Waals surface area contributed by atoms with Crippen molar-refractivity contribution in [2.24, 2.45) is 0 Å². The van der Waals surface area contributed by atoms with E-state index >= 15 is 0 Å². The Labute approximate surface area is 136 Å². The van der Waals surface area contributed by atoms with Gasteiger partial charge in [-0.15, -0.1) is 0 Å². The van der Waals surface area contributed by atoms with E-state index < -0.39 is 10.0 Å². The van der Waals surface area contributed by atoms with Crippen LogP contribution in [0.1, 0.15) is 23.2 Å². The van der Waals surface area contributed by atoms with Gasteiger partial charge in [-0.3, -0.25) is 9.59 Å². The summed E-state index contributed by atoms with van der Waals surface area (Å²) in [6.07, 6.45) is 2.59. The van der Waals surface area contributed by atoms with E-state index in [4.69, 9.17) is 0 Å². The number of carbonyl (C=O) groups excluding carboxylic acids is 2. The number of nitrogens with zero attached hydrogens (tertiary/aromatic N) is 1. The molecule has 1 aliphatic heterocycles. The van der Waals surface area contributed by atoms with Gasteiger partial charge in [0.05, 0.1) is 12.8 Å². The first-order valence-electron chi connectivity index (χ1n) is 7.44. The zero-order chi connectivity index (χ0) is 16.9. The minimum atomic E-state index is -3.24. The molecule has 0 saturated carbocycles. The second kappa shape index (κ2) is 7.56. The smallest absolute Gasteiger partial charge is 0.251 e. The Hall–Kier alpha value is -1.93. The highest BCUT2D eigenvalue weighted by atomic mass is 32.2. The van der Waals surface area contributed by atoms with Crippen molar-refractivity contribution in [3.8, 4) is 0 Å². The zero-order valence-electron chi connectivity index (χ0n) is 13.0. The topological polar surface area (TPSA) is 95.6 Å². The third-order valence-corrected chi connectivity index (χ3v) is 4.93. The molecule has 0 radical (unpaired) electrons. The zero-order valence-corrected chi connectivity index (χ0v) is 13.8. The molecule has 0 bridgehead atoms. The molecule has 2 rings (SSSR count). The maximum atomic E-state index is 11.9. The first-order valence-corrected chi connectivity index (χ1v) is 9.29. The summed E-state index contributed by atoms with van der Waals surface area (Å²) in [5.74, 6) is -0.642. The van der Waals surface area contributed by atoms with Crippen molar-refractivity contribution in [2.45, 2.75) is 18.9 Å². The highest BCUT2D eigenvalue weighted by molar-refractivity contribution is 7.88. The van der Waals surface area contributed by atoms with Gasteiger partial charge < -0.3 is 10.6 Å². The molecule has 1 atom stereocenters. The van der Waals surface area contributed by atoms with Crippen LogP contribution in [-0.4, -0.2) is 56.5 Å². The van der Waals surface area contributed by atoms with Gasteiger partial charge in [-0.2, -0.15) is 0 Å². The van der Waals surface area contributed by atoms with Gasteiger partial charge in [0.15, 0.2) is 0 Å². The van der Waals surface area contributed by atoms with Crippen LogP contribution in [0.3, 0.4) is 0 Å². The molecule has 1 aromatic rings. The number of rotatable bonds is 5. The lowest BCUT2D eigenvalue weighted by Crippen LogP contribution is -2.51. The van der Waals surface area contributed by atoms with Gasteiger partial charge in [0.1, 0.15) is 0 Å². The molecule has 0 aromatic heterocycles. The largest absolute Gasteiger partial charge is 0.351 e. The summed E-state index contributed by atoms with van der Waals surface area (Å²) in [7, 11) is -3.24. The van der Waals surface area contributed by atoms with Gasteiger partial charge in [-0.1, -0.05) is 18.2 Å². The number of hydrogen-bond acceptors (Lipinski definition) is 4. The molecule has 1 aromatic carbocycles. The Morgan fingerprint density at radius 1 is 1.26 bits per heavy atom. The number of amides is 2. The standard InChI is InChI=1S/C15H21N3O4S/c1-23(21,22)18-9-5-8-13(11-18)17-14(19)10-16-15(20)12-6-3-2-4-7-12/h2-4,6-7,13H,5,8-11H2,1H3,(H,16,20)(H,17,19). The van der Waals surface area contributed by atoms with E-state index in [0.717, 1.165) is 12.7 Å². The summed E-state index contributed by atoms with van der Waals surface area (Å²) in [5, 5.41) is 5.31. The van der Waals surface area contributed by atoms with Crippen LogP contribution in [0.5, 0.6) is 0 Å². The summed E-state index contributed by atoms with van der Waals surface area (Å²) >= 11 is 0. The van der Waals surface area contributed by atoms with Crippen molar-refractivity contribution < 1.29 is 18.0 Å². The quantitative estimate of drug-likeness (QED) is 0.787. The van der Waals surface area contributed by atoms with E-state index in [1.54, 1.807) is 30.3 Å². The third-order valence-electron chi connectivity index (χ3n) is 3.66. The Morgan fingerprint density at radius 2 is 1.96 bits per heavy atom. The molecule has 8 heteroatoms. The SMILES string of the molecule is CS(=O)(=O)N1CCCC(NC(=O)CNC(=O)c2ccccc2)C1. The summed E-state index contributed by atoms with van der Waals surface area (Å²) < 4.78 is 24.5. The van der Waals surface area contributed by atoms with E-state index in [-0.39, 0.29) is 30.9 Å². The summed E-state index contributed by atoms with van der Waals surface area (Å²) in [6, 6.07) is 8.41. The van der Waals surface area contributed by atoms with E-state index in [1.807, 2.05) is 0 Å². The number of hydrogen-bond donors (Lipinski definition) is 2. The van der Waals surface area contributed by atoms with Crippen LogP contribution in [0.4, 0.5) is 0 Å². The van der Waals surface area contributed by atoms with Gasteiger partial charge in [0, 0.05) is 24.7 Å². The lowest BCUT2D eigenvalue weighted by Gasteiger charge is -2.31. The molecule has 1 fully saturated rings. The van der Waals surface area contributed by atoms with Crippen molar-refractivity contribution in [3.63, 3.8) is 0 Å². The van der Waals surface area contributed by atoms with Gasteiger partial charge in [-0.25, -0.2) is 12.7 Å². The predicted octanol–water partition coefficient (Wildman–Crippen LogP) is -0.0434. The number of carbonyl (C=O) groups is 2. The second-order valence-electron chi connectivity index (χ2n) is 5.58. The molecule has 0 aliphatic carbocycles. The van der Waals surface area contributed by atoms with Crippen LogP contribution >= 0.6 is 0 Å². The maximum absolute atomic E-state index is 11.9. The second-order valence-corrected chi connectivity index (χ2v) is 7.56. The molecule has 1 aliphatic rings. The molecule has 1 heterocycles. The fourth-order valence-corrected chi connectivity index (χ4v) is 3.40. The van der Waals surface area contributed by atoms with Gasteiger partial charge >= 0.3 is 0 Å². The molecule has 1 unspecified atom stereocenters. The Morgan fingerprint density at radius 3 is 2.61 bits per heavy atom. The fourth-order valence-electron chi connectivity index (χ4n) is 2.49. The van der Waals surface area contributed by atoms with Crippen molar-refractivity contribution in [3.05, 3.63) is 35.9 Å². The van der Waals surface area contributed by atoms with Crippen LogP contribution in [0, 0.1) is 0 Å². The molecule has 2 N–H and O–H groups in total. The maximum Gasteiger partial charge on any atom is 0.251 e. The van der Waals surface area contributed by atoms with E-state index in [1.165, 1.54) is 4.31 Å². The minimum Gasteiger partial charge on any atom is -0.351 e. The predicted molar refractivity (Wildman–Crippen MR) is 86.4 cm³/mol. The lowest BCUT2D eigenvalue weighted by atomic mass is 10.1. The first-order chi connectivity index (χ1) is 10.9. The average Bonchev–Trinajstić information content (AvgIpc) is 2.53. The van der Waals surface area contributed by atoms with Crippen LogP contribution < -0.4 is 10.6 Å². The minimum absolute atomic E-state index is 0.136. The lowest BCUT2D eigenvalue weighted by molar-refractivity contribution is -0.121. The fraction of sp³-hybridized carbons (Fsp3) is 0.467. The Bertz CT molecular complexity index is 661. The van der Waals surface area contributed by atoms with E-state index in [2.05, 4.69) is 10.6 Å².